The summed E-state index contributed by atoms with van der Waals surface area (Å²) in [4.78, 5) is 11.0. The normalized spacial score (nSPS) is 10.7. The van der Waals surface area contributed by atoms with Crippen molar-refractivity contribution in [2.45, 2.75) is 13.3 Å². The van der Waals surface area contributed by atoms with Crippen molar-refractivity contribution in [3.8, 4) is 0 Å². The molecule has 1 rings (SSSR count). The standard InChI is InChI=1S/C12H12BrFO2/c1-2-16-12(15)5-3-4-9-6-7-10(13)11(14)8-9/h3-4,6-8H,2,5H2,1H3. The first kappa shape index (κ1) is 12.9. The zero-order valence-corrected chi connectivity index (χ0v) is 10.5. The maximum atomic E-state index is 13.1. The second-order valence-electron chi connectivity index (χ2n) is 3.09. The molecule has 0 radical (unpaired) electrons. The number of ether oxygens (including phenoxy) is 1. The SMILES string of the molecule is CCOC(=O)CC=Cc1ccc(Br)c(F)c1. The van der Waals surface area contributed by atoms with Crippen molar-refractivity contribution in [2.24, 2.45) is 0 Å². The Morgan fingerprint density at radius 3 is 2.94 bits per heavy atom. The predicted octanol–water partition coefficient (Wildman–Crippen LogP) is 3.55. The van der Waals surface area contributed by atoms with Crippen LogP contribution in [-0.4, -0.2) is 12.6 Å². The summed E-state index contributed by atoms with van der Waals surface area (Å²) in [5.41, 5.74) is 0.713. The van der Waals surface area contributed by atoms with Gasteiger partial charge in [0.05, 0.1) is 17.5 Å². The summed E-state index contributed by atoms with van der Waals surface area (Å²) < 4.78 is 18.3. The molecule has 1 aromatic carbocycles. The number of carbonyl (C=O) groups excluding carboxylic acids is 1. The summed E-state index contributed by atoms with van der Waals surface area (Å²) in [6.07, 6.45) is 3.54. The lowest BCUT2D eigenvalue weighted by atomic mass is 10.2. The molecule has 0 amide bonds. The monoisotopic (exact) mass is 286 g/mol. The fourth-order valence-corrected chi connectivity index (χ4v) is 1.37. The first-order valence-corrected chi connectivity index (χ1v) is 5.70. The molecule has 0 fully saturated rings. The average Bonchev–Trinajstić information content (AvgIpc) is 2.24. The van der Waals surface area contributed by atoms with Crippen LogP contribution < -0.4 is 0 Å². The van der Waals surface area contributed by atoms with Gasteiger partial charge in [0.25, 0.3) is 0 Å². The molecule has 0 atom stereocenters. The maximum absolute atomic E-state index is 13.1. The minimum Gasteiger partial charge on any atom is -0.466 e. The fraction of sp³-hybridized carbons (Fsp3) is 0.250. The summed E-state index contributed by atoms with van der Waals surface area (Å²) in [6.45, 7) is 2.13. The predicted molar refractivity (Wildman–Crippen MR) is 64.4 cm³/mol. The molecule has 0 N–H and O–H groups in total. The molecule has 0 spiro atoms. The average molecular weight is 287 g/mol. The van der Waals surface area contributed by atoms with Crippen molar-refractivity contribution >= 4 is 28.0 Å². The lowest BCUT2D eigenvalue weighted by Gasteiger charge is -1.98. The summed E-state index contributed by atoms with van der Waals surface area (Å²) in [6, 6.07) is 4.78. The number of rotatable bonds is 4. The minimum atomic E-state index is -0.321. The van der Waals surface area contributed by atoms with Gasteiger partial charge in [-0.25, -0.2) is 4.39 Å². The Hall–Kier alpha value is -1.16. The summed E-state index contributed by atoms with van der Waals surface area (Å²) in [5, 5.41) is 0. The number of esters is 1. The molecule has 0 aliphatic heterocycles. The van der Waals surface area contributed by atoms with Crippen molar-refractivity contribution < 1.29 is 13.9 Å². The van der Waals surface area contributed by atoms with E-state index in [4.69, 9.17) is 4.74 Å². The van der Waals surface area contributed by atoms with Gasteiger partial charge < -0.3 is 4.74 Å². The largest absolute Gasteiger partial charge is 0.466 e. The number of halogens is 2. The van der Waals surface area contributed by atoms with Crippen LogP contribution in [0.15, 0.2) is 28.7 Å². The van der Waals surface area contributed by atoms with Crippen LogP contribution in [0.25, 0.3) is 6.08 Å². The van der Waals surface area contributed by atoms with E-state index in [1.807, 2.05) is 0 Å². The Labute approximate surface area is 102 Å². The van der Waals surface area contributed by atoms with E-state index < -0.39 is 0 Å². The molecule has 1 aromatic rings. The molecule has 0 saturated heterocycles. The van der Waals surface area contributed by atoms with Crippen molar-refractivity contribution in [3.05, 3.63) is 40.1 Å². The molecule has 0 aliphatic carbocycles. The smallest absolute Gasteiger partial charge is 0.309 e. The molecule has 4 heteroatoms. The molecule has 0 unspecified atom stereocenters. The Bertz CT molecular complexity index is 402. The highest BCUT2D eigenvalue weighted by Gasteiger charge is 1.99. The fourth-order valence-electron chi connectivity index (χ4n) is 1.13. The van der Waals surface area contributed by atoms with Crippen LogP contribution in [0.2, 0.25) is 0 Å². The highest BCUT2D eigenvalue weighted by Crippen LogP contribution is 2.17. The van der Waals surface area contributed by atoms with Gasteiger partial charge in [0.2, 0.25) is 0 Å². The van der Waals surface area contributed by atoms with E-state index in [1.165, 1.54) is 6.07 Å². The topological polar surface area (TPSA) is 26.3 Å². The molecular weight excluding hydrogens is 275 g/mol. The molecule has 0 aliphatic rings. The molecule has 16 heavy (non-hydrogen) atoms. The Morgan fingerprint density at radius 2 is 2.31 bits per heavy atom. The van der Waals surface area contributed by atoms with Gasteiger partial charge >= 0.3 is 5.97 Å². The van der Waals surface area contributed by atoms with Crippen molar-refractivity contribution in [3.63, 3.8) is 0 Å². The molecule has 2 nitrogen and oxygen atoms in total. The van der Waals surface area contributed by atoms with E-state index in [1.54, 1.807) is 31.2 Å². The highest BCUT2D eigenvalue weighted by molar-refractivity contribution is 9.10. The molecule has 0 bridgehead atoms. The zero-order valence-electron chi connectivity index (χ0n) is 8.87. The first-order chi connectivity index (χ1) is 7.63. The van der Waals surface area contributed by atoms with Crippen LogP contribution in [-0.2, 0) is 9.53 Å². The number of hydrogen-bond acceptors (Lipinski definition) is 2. The second kappa shape index (κ2) is 6.43. The van der Waals surface area contributed by atoms with Crippen LogP contribution in [0.1, 0.15) is 18.9 Å². The molecular formula is C12H12BrFO2. The van der Waals surface area contributed by atoms with E-state index in [0.29, 0.717) is 16.6 Å². The van der Waals surface area contributed by atoms with Gasteiger partial charge in [-0.05, 0) is 40.5 Å². The van der Waals surface area contributed by atoms with E-state index in [-0.39, 0.29) is 18.2 Å². The Balaban J connectivity index is 2.56. The van der Waals surface area contributed by atoms with Gasteiger partial charge in [0.1, 0.15) is 5.82 Å². The molecule has 86 valence electrons. The third-order valence-corrected chi connectivity index (χ3v) is 2.49. The Kier molecular flexibility index (Phi) is 5.19. The Morgan fingerprint density at radius 1 is 1.56 bits per heavy atom. The van der Waals surface area contributed by atoms with Gasteiger partial charge in [0.15, 0.2) is 0 Å². The van der Waals surface area contributed by atoms with Crippen molar-refractivity contribution in [2.75, 3.05) is 6.61 Å². The van der Waals surface area contributed by atoms with E-state index in [0.717, 1.165) is 0 Å². The van der Waals surface area contributed by atoms with Gasteiger partial charge in [-0.15, -0.1) is 0 Å². The lowest BCUT2D eigenvalue weighted by Crippen LogP contribution is -2.01. The van der Waals surface area contributed by atoms with Gasteiger partial charge in [-0.3, -0.25) is 4.79 Å². The van der Waals surface area contributed by atoms with Crippen LogP contribution in [0, 0.1) is 5.82 Å². The minimum absolute atomic E-state index is 0.200. The molecule has 0 heterocycles. The van der Waals surface area contributed by atoms with E-state index >= 15 is 0 Å². The van der Waals surface area contributed by atoms with Crippen LogP contribution in [0.4, 0.5) is 4.39 Å². The number of carbonyl (C=O) groups is 1. The first-order valence-electron chi connectivity index (χ1n) is 4.90. The van der Waals surface area contributed by atoms with E-state index in [9.17, 15) is 9.18 Å². The summed E-state index contributed by atoms with van der Waals surface area (Å²) in [5.74, 6) is -0.602. The third-order valence-electron chi connectivity index (χ3n) is 1.84. The van der Waals surface area contributed by atoms with Crippen LogP contribution >= 0.6 is 15.9 Å². The van der Waals surface area contributed by atoms with Gasteiger partial charge in [0, 0.05) is 0 Å². The summed E-state index contributed by atoms with van der Waals surface area (Å²) in [7, 11) is 0. The molecule has 0 saturated carbocycles. The van der Waals surface area contributed by atoms with Crippen molar-refractivity contribution in [1.29, 1.82) is 0 Å². The molecule has 0 aromatic heterocycles. The van der Waals surface area contributed by atoms with E-state index in [2.05, 4.69) is 15.9 Å². The number of hydrogen-bond donors (Lipinski definition) is 0. The quantitative estimate of drug-likeness (QED) is 0.791. The second-order valence-corrected chi connectivity index (χ2v) is 3.94. The summed E-state index contributed by atoms with van der Waals surface area (Å²) >= 11 is 3.07. The third kappa shape index (κ3) is 4.14. The zero-order chi connectivity index (χ0) is 12.0. The maximum Gasteiger partial charge on any atom is 0.309 e. The van der Waals surface area contributed by atoms with Crippen molar-refractivity contribution in [1.82, 2.24) is 0 Å². The van der Waals surface area contributed by atoms with Gasteiger partial charge in [-0.1, -0.05) is 18.2 Å². The van der Waals surface area contributed by atoms with Crippen LogP contribution in [0.5, 0.6) is 0 Å². The van der Waals surface area contributed by atoms with Gasteiger partial charge in [-0.2, -0.15) is 0 Å². The van der Waals surface area contributed by atoms with Crippen LogP contribution in [0.3, 0.4) is 0 Å². The lowest BCUT2D eigenvalue weighted by molar-refractivity contribution is -0.142. The number of benzene rings is 1. The highest BCUT2D eigenvalue weighted by atomic mass is 79.9.